The molecule has 0 saturated heterocycles. The van der Waals surface area contributed by atoms with E-state index in [1.165, 1.54) is 11.9 Å². The molecule has 0 fully saturated rings. The maximum atomic E-state index is 10.4. The fourth-order valence-corrected chi connectivity index (χ4v) is 1.39. The van der Waals surface area contributed by atoms with Gasteiger partial charge in [-0.2, -0.15) is 0 Å². The van der Waals surface area contributed by atoms with Crippen LogP contribution in [-0.4, -0.2) is 35.8 Å². The van der Waals surface area contributed by atoms with Crippen molar-refractivity contribution in [2.24, 2.45) is 10.7 Å². The number of nitrogens with one attached hydrogen (secondary N) is 1. The van der Waals surface area contributed by atoms with E-state index in [1.807, 2.05) is 13.2 Å². The average Bonchev–Trinajstić information content (AvgIpc) is 2.17. The maximum absolute atomic E-state index is 10.4. The number of hydrogen-bond donors (Lipinski definition) is 3. The smallest absolute Gasteiger partial charge is 0.320 e. The number of unbranched alkanes of at least 4 members (excludes halogenated alkanes) is 1. The summed E-state index contributed by atoms with van der Waals surface area (Å²) in [6.45, 7) is 2.62. The van der Waals surface area contributed by atoms with E-state index in [0.29, 0.717) is 13.0 Å². The molecule has 0 heterocycles. The monoisotopic (exact) mass is 233 g/mol. The molecule has 1 atom stereocenters. The van der Waals surface area contributed by atoms with E-state index in [4.69, 9.17) is 10.8 Å². The van der Waals surface area contributed by atoms with E-state index < -0.39 is 12.0 Å². The van der Waals surface area contributed by atoms with Gasteiger partial charge in [0.15, 0.2) is 0 Å². The first-order valence-electron chi connectivity index (χ1n) is 4.86. The van der Waals surface area contributed by atoms with Crippen LogP contribution in [-0.2, 0) is 4.79 Å². The first-order valence-corrected chi connectivity index (χ1v) is 6.08. The number of nitrogens with two attached hydrogens (primary N) is 1. The van der Waals surface area contributed by atoms with Gasteiger partial charge in [0.05, 0.1) is 0 Å². The van der Waals surface area contributed by atoms with Crippen molar-refractivity contribution in [1.29, 1.82) is 0 Å². The summed E-state index contributed by atoms with van der Waals surface area (Å²) >= 11 is 1.50. The van der Waals surface area contributed by atoms with Crippen LogP contribution in [0.1, 0.15) is 26.2 Å². The third-order valence-electron chi connectivity index (χ3n) is 1.84. The van der Waals surface area contributed by atoms with Crippen LogP contribution in [0.15, 0.2) is 4.99 Å². The first kappa shape index (κ1) is 14.2. The standard InChI is InChI=1S/C9H19N3O2S/c1-7(12-15-2)11-6-4-3-5-8(10)9(13)14/h8H,3-6,10H2,1-2H3,(H,11,12)(H,13,14). The van der Waals surface area contributed by atoms with Gasteiger partial charge in [0, 0.05) is 12.8 Å². The van der Waals surface area contributed by atoms with Crippen molar-refractivity contribution in [3.8, 4) is 0 Å². The molecule has 0 radical (unpaired) electrons. The zero-order chi connectivity index (χ0) is 11.7. The van der Waals surface area contributed by atoms with Gasteiger partial charge in [-0.25, -0.2) is 0 Å². The summed E-state index contributed by atoms with van der Waals surface area (Å²) in [7, 11) is 0. The minimum Gasteiger partial charge on any atom is -0.480 e. The minimum absolute atomic E-state index is 0.514. The highest BCUT2D eigenvalue weighted by Crippen LogP contribution is 1.99. The predicted molar refractivity (Wildman–Crippen MR) is 64.1 cm³/mol. The lowest BCUT2D eigenvalue weighted by atomic mass is 10.1. The number of carboxylic acid groups (broad SMARTS) is 1. The zero-order valence-corrected chi connectivity index (χ0v) is 10.0. The summed E-state index contributed by atoms with van der Waals surface area (Å²) in [5.74, 6) is -0.0382. The Labute approximate surface area is 94.7 Å². The van der Waals surface area contributed by atoms with E-state index in [1.54, 1.807) is 0 Å². The molecule has 0 aromatic rings. The highest BCUT2D eigenvalue weighted by atomic mass is 32.2. The average molecular weight is 233 g/mol. The zero-order valence-electron chi connectivity index (χ0n) is 9.19. The first-order chi connectivity index (χ1) is 7.07. The Morgan fingerprint density at radius 3 is 2.80 bits per heavy atom. The van der Waals surface area contributed by atoms with E-state index in [0.717, 1.165) is 18.7 Å². The summed E-state index contributed by atoms with van der Waals surface area (Å²) < 4.78 is 3.01. The second kappa shape index (κ2) is 8.55. The van der Waals surface area contributed by atoms with Gasteiger partial charge in [0.2, 0.25) is 0 Å². The molecule has 0 saturated carbocycles. The molecule has 0 rings (SSSR count). The second-order valence-electron chi connectivity index (χ2n) is 3.21. The van der Waals surface area contributed by atoms with E-state index >= 15 is 0 Å². The normalized spacial score (nSPS) is 13.7. The lowest BCUT2D eigenvalue weighted by Gasteiger charge is -2.05. The quantitative estimate of drug-likeness (QED) is 0.263. The van der Waals surface area contributed by atoms with Crippen molar-refractivity contribution in [1.82, 2.24) is 4.72 Å². The fourth-order valence-electron chi connectivity index (χ4n) is 1.03. The molecule has 5 nitrogen and oxygen atoms in total. The molecule has 4 N–H and O–H groups in total. The lowest BCUT2D eigenvalue weighted by molar-refractivity contribution is -0.138. The molecule has 0 aromatic carbocycles. The largest absolute Gasteiger partial charge is 0.480 e. The molecule has 0 aliphatic heterocycles. The summed E-state index contributed by atoms with van der Waals surface area (Å²) in [6.07, 6.45) is 4.11. The van der Waals surface area contributed by atoms with E-state index in [9.17, 15) is 4.79 Å². The molecule has 0 amide bonds. The number of aliphatic carboxylic acids is 1. The molecular weight excluding hydrogens is 214 g/mol. The van der Waals surface area contributed by atoms with Gasteiger partial charge in [-0.15, -0.1) is 0 Å². The van der Waals surface area contributed by atoms with E-state index in [-0.39, 0.29) is 0 Å². The summed E-state index contributed by atoms with van der Waals surface area (Å²) in [5.41, 5.74) is 5.36. The van der Waals surface area contributed by atoms with Crippen LogP contribution in [0.2, 0.25) is 0 Å². The minimum atomic E-state index is -0.932. The van der Waals surface area contributed by atoms with Gasteiger partial charge in [0.1, 0.15) is 11.9 Å². The topological polar surface area (TPSA) is 87.7 Å². The van der Waals surface area contributed by atoms with Crippen LogP contribution in [0.5, 0.6) is 0 Å². The van der Waals surface area contributed by atoms with Crippen molar-refractivity contribution < 1.29 is 9.90 Å². The highest BCUT2D eigenvalue weighted by Gasteiger charge is 2.09. The number of carboxylic acids is 1. The summed E-state index contributed by atoms with van der Waals surface area (Å²) in [4.78, 5) is 14.6. The third kappa shape index (κ3) is 8.26. The third-order valence-corrected chi connectivity index (χ3v) is 2.34. The number of hydrogen-bond acceptors (Lipinski definition) is 4. The van der Waals surface area contributed by atoms with Gasteiger partial charge in [-0.1, -0.05) is 11.9 Å². The second-order valence-corrected chi connectivity index (χ2v) is 3.83. The van der Waals surface area contributed by atoms with Gasteiger partial charge in [-0.05, 0) is 26.2 Å². The van der Waals surface area contributed by atoms with Crippen LogP contribution in [0.25, 0.3) is 0 Å². The SMILES string of the molecule is CSNC(C)=NCCCCC(N)C(=O)O. The number of rotatable bonds is 7. The van der Waals surface area contributed by atoms with Crippen molar-refractivity contribution in [3.05, 3.63) is 0 Å². The van der Waals surface area contributed by atoms with Crippen LogP contribution in [0.4, 0.5) is 0 Å². The predicted octanol–water partition coefficient (Wildman–Crippen LogP) is 0.855. The van der Waals surface area contributed by atoms with Crippen LogP contribution < -0.4 is 10.5 Å². The number of nitrogens with zero attached hydrogens (tertiary/aromatic N) is 1. The van der Waals surface area contributed by atoms with Gasteiger partial charge >= 0.3 is 5.97 Å². The van der Waals surface area contributed by atoms with E-state index in [2.05, 4.69) is 9.71 Å². The molecular formula is C9H19N3O2S. The summed E-state index contributed by atoms with van der Waals surface area (Å²) in [6, 6.07) is -0.737. The number of amidine groups is 1. The van der Waals surface area contributed by atoms with Crippen molar-refractivity contribution in [2.75, 3.05) is 12.8 Å². The Hall–Kier alpha value is -0.750. The molecule has 0 spiro atoms. The fraction of sp³-hybridized carbons (Fsp3) is 0.778. The molecule has 88 valence electrons. The van der Waals surface area contributed by atoms with Gasteiger partial charge < -0.3 is 15.6 Å². The van der Waals surface area contributed by atoms with Crippen LogP contribution in [0.3, 0.4) is 0 Å². The molecule has 0 aromatic heterocycles. The van der Waals surface area contributed by atoms with Crippen molar-refractivity contribution in [3.63, 3.8) is 0 Å². The Bertz CT molecular complexity index is 221. The van der Waals surface area contributed by atoms with Crippen molar-refractivity contribution >= 4 is 23.8 Å². The lowest BCUT2D eigenvalue weighted by Crippen LogP contribution is -2.29. The molecule has 0 bridgehead atoms. The summed E-state index contributed by atoms with van der Waals surface area (Å²) in [5, 5.41) is 8.53. The molecule has 0 aliphatic rings. The molecule has 1 unspecified atom stereocenters. The Morgan fingerprint density at radius 2 is 2.27 bits per heavy atom. The Morgan fingerprint density at radius 1 is 1.60 bits per heavy atom. The van der Waals surface area contributed by atoms with Gasteiger partial charge in [-0.3, -0.25) is 9.79 Å². The highest BCUT2D eigenvalue weighted by molar-refractivity contribution is 7.97. The maximum Gasteiger partial charge on any atom is 0.320 e. The Balaban J connectivity index is 3.47. The van der Waals surface area contributed by atoms with Crippen molar-refractivity contribution in [2.45, 2.75) is 32.2 Å². The van der Waals surface area contributed by atoms with Gasteiger partial charge in [0.25, 0.3) is 0 Å². The van der Waals surface area contributed by atoms with Crippen LogP contribution >= 0.6 is 11.9 Å². The number of carbonyl (C=O) groups is 1. The number of aliphatic imine (C=N–C) groups is 1. The molecule has 6 heteroatoms. The van der Waals surface area contributed by atoms with Crippen LogP contribution in [0, 0.1) is 0 Å². The molecule has 15 heavy (non-hydrogen) atoms. The molecule has 0 aliphatic carbocycles. The Kier molecular flexibility index (Phi) is 8.12.